The van der Waals surface area contributed by atoms with E-state index < -0.39 is 11.7 Å². The van der Waals surface area contributed by atoms with Gasteiger partial charge in [-0.25, -0.2) is 0 Å². The molecule has 0 saturated carbocycles. The van der Waals surface area contributed by atoms with Crippen LogP contribution in [-0.4, -0.2) is 80.4 Å². The molecule has 0 bridgehead atoms. The van der Waals surface area contributed by atoms with Crippen molar-refractivity contribution in [2.75, 3.05) is 0 Å². The summed E-state index contributed by atoms with van der Waals surface area (Å²) in [5.41, 5.74) is -1.20. The first kappa shape index (κ1) is 28.3. The number of hydrogen-bond acceptors (Lipinski definition) is 7. The zero-order valence-electron chi connectivity index (χ0n) is 24.5. The lowest BCUT2D eigenvalue weighted by molar-refractivity contribution is -0.0539. The Bertz CT molecular complexity index is 855. The van der Waals surface area contributed by atoms with Gasteiger partial charge in [0.15, 0.2) is 0 Å². The molecule has 5 heterocycles. The number of rotatable bonds is 16. The Morgan fingerprint density at radius 2 is 0.892 bits per heavy atom. The molecule has 0 radical (unpaired) electrons. The molecule has 0 spiro atoms. The van der Waals surface area contributed by atoms with Crippen LogP contribution in [0.3, 0.4) is 0 Å². The molecule has 5 saturated heterocycles. The van der Waals surface area contributed by atoms with Crippen LogP contribution in [-0.2, 0) is 23.7 Å². The van der Waals surface area contributed by atoms with E-state index >= 15 is 0 Å². The van der Waals surface area contributed by atoms with Crippen LogP contribution < -0.4 is 0 Å². The predicted octanol–water partition coefficient (Wildman–Crippen LogP) is 4.83. The molecule has 5 fully saturated rings. The Balaban J connectivity index is 0.932. The molecular weight excluding hydrogens is 472 g/mol. The molecule has 10 atom stereocenters. The molecule has 0 aromatic carbocycles. The standard InChI is InChI=1S/C30H52O7/c1-25(2,32)19(31)11-15-27(5)23(36-27)13-17-28(6)21(34-28)9-10-22-29(7,35-22)18-14-24-30(8,37-24)16-12-20-26(3,4)33-20/h19-24,31-32H,9-18H2,1-8H3/t19-,20-,21+,22+,23-,24-,27-,28+,29+,30-/m1/s1. The number of ether oxygens (including phenoxy) is 5. The van der Waals surface area contributed by atoms with Crippen molar-refractivity contribution >= 4 is 0 Å². The summed E-state index contributed by atoms with van der Waals surface area (Å²) in [5, 5.41) is 20.1. The Kier molecular flexibility index (Phi) is 6.96. The van der Waals surface area contributed by atoms with E-state index in [0.717, 1.165) is 57.8 Å². The maximum absolute atomic E-state index is 10.1. The van der Waals surface area contributed by atoms with Gasteiger partial charge >= 0.3 is 0 Å². The van der Waals surface area contributed by atoms with E-state index in [9.17, 15) is 10.2 Å². The molecule has 37 heavy (non-hydrogen) atoms. The molecule has 0 aromatic heterocycles. The third kappa shape index (κ3) is 6.39. The lowest BCUT2D eigenvalue weighted by Gasteiger charge is -2.25. The summed E-state index contributed by atoms with van der Waals surface area (Å²) in [6.07, 6.45) is 10.6. The van der Waals surface area contributed by atoms with Gasteiger partial charge in [-0.1, -0.05) is 0 Å². The lowest BCUT2D eigenvalue weighted by Crippen LogP contribution is -2.36. The van der Waals surface area contributed by atoms with Gasteiger partial charge in [-0.2, -0.15) is 0 Å². The van der Waals surface area contributed by atoms with Gasteiger partial charge in [0.2, 0.25) is 0 Å². The van der Waals surface area contributed by atoms with E-state index in [1.165, 1.54) is 0 Å². The third-order valence-corrected chi connectivity index (χ3v) is 10.4. The van der Waals surface area contributed by atoms with Crippen LogP contribution in [0.4, 0.5) is 0 Å². The summed E-state index contributed by atoms with van der Waals surface area (Å²) in [7, 11) is 0. The van der Waals surface area contributed by atoms with Crippen molar-refractivity contribution in [3.05, 3.63) is 0 Å². The molecule has 2 N–H and O–H groups in total. The predicted molar refractivity (Wildman–Crippen MR) is 141 cm³/mol. The van der Waals surface area contributed by atoms with Crippen LogP contribution in [0.1, 0.15) is 120 Å². The van der Waals surface area contributed by atoms with Crippen LogP contribution in [0.15, 0.2) is 0 Å². The van der Waals surface area contributed by atoms with Crippen molar-refractivity contribution in [2.45, 2.75) is 190 Å². The van der Waals surface area contributed by atoms with Gasteiger partial charge in [0, 0.05) is 0 Å². The van der Waals surface area contributed by atoms with Gasteiger partial charge in [-0.3, -0.25) is 0 Å². The second-order valence-electron chi connectivity index (χ2n) is 14.8. The van der Waals surface area contributed by atoms with Crippen molar-refractivity contribution in [1.29, 1.82) is 0 Å². The van der Waals surface area contributed by atoms with E-state index in [0.29, 0.717) is 30.8 Å². The topological polar surface area (TPSA) is 103 Å². The minimum Gasteiger partial charge on any atom is -0.390 e. The normalized spacial score (nSPS) is 48.0. The van der Waals surface area contributed by atoms with Crippen molar-refractivity contribution < 1.29 is 33.9 Å². The zero-order valence-corrected chi connectivity index (χ0v) is 24.5. The first-order valence-electron chi connectivity index (χ1n) is 14.8. The van der Waals surface area contributed by atoms with Crippen molar-refractivity contribution in [2.24, 2.45) is 0 Å². The summed E-state index contributed by atoms with van der Waals surface area (Å²) in [4.78, 5) is 0. The molecule has 7 heteroatoms. The fraction of sp³-hybridized carbons (Fsp3) is 1.00. The highest BCUT2D eigenvalue weighted by atomic mass is 16.6. The van der Waals surface area contributed by atoms with E-state index in [-0.39, 0.29) is 34.1 Å². The quantitative estimate of drug-likeness (QED) is 0.279. The first-order chi connectivity index (χ1) is 17.0. The van der Waals surface area contributed by atoms with Gasteiger partial charge in [-0.15, -0.1) is 0 Å². The van der Waals surface area contributed by atoms with Gasteiger partial charge in [0.05, 0.1) is 70.2 Å². The van der Waals surface area contributed by atoms with Crippen LogP contribution >= 0.6 is 0 Å². The second-order valence-corrected chi connectivity index (χ2v) is 14.8. The van der Waals surface area contributed by atoms with E-state index in [4.69, 9.17) is 23.7 Å². The first-order valence-corrected chi connectivity index (χ1v) is 14.8. The van der Waals surface area contributed by atoms with Crippen LogP contribution in [0, 0.1) is 0 Å². The molecule has 7 nitrogen and oxygen atoms in total. The molecule has 0 amide bonds. The summed E-state index contributed by atoms with van der Waals surface area (Å²) in [5.74, 6) is 0. The Labute approximate surface area is 223 Å². The Morgan fingerprint density at radius 3 is 1.24 bits per heavy atom. The SMILES string of the molecule is CC(C)(O)[C@H](O)CC[C@@]1(C)O[C@@H]1CC[C@]1(C)O[C@H]1CC[C@@H]1O[C@@]1(C)CC[C@H]1O[C@]1(C)CC[C@H]1OC1(C)C. The summed E-state index contributed by atoms with van der Waals surface area (Å²) >= 11 is 0. The third-order valence-electron chi connectivity index (χ3n) is 10.4. The van der Waals surface area contributed by atoms with Gasteiger partial charge in [0.25, 0.3) is 0 Å². The Hall–Kier alpha value is -0.280. The number of aliphatic hydroxyl groups is 2. The van der Waals surface area contributed by atoms with Gasteiger partial charge in [0.1, 0.15) is 0 Å². The van der Waals surface area contributed by atoms with Crippen molar-refractivity contribution in [3.63, 3.8) is 0 Å². The molecule has 5 rings (SSSR count). The van der Waals surface area contributed by atoms with Crippen molar-refractivity contribution in [1.82, 2.24) is 0 Å². The van der Waals surface area contributed by atoms with Crippen LogP contribution in [0.5, 0.6) is 0 Å². The van der Waals surface area contributed by atoms with Crippen molar-refractivity contribution in [3.8, 4) is 0 Å². The van der Waals surface area contributed by atoms with Gasteiger partial charge < -0.3 is 33.9 Å². The molecular formula is C30H52O7. The fourth-order valence-corrected chi connectivity index (χ4v) is 6.57. The van der Waals surface area contributed by atoms with Gasteiger partial charge in [-0.05, 0) is 120 Å². The molecule has 5 aliphatic rings. The maximum atomic E-state index is 10.1. The minimum absolute atomic E-state index is 0.00286. The molecule has 214 valence electrons. The summed E-state index contributed by atoms with van der Waals surface area (Å²) in [6, 6.07) is 0. The highest BCUT2D eigenvalue weighted by Gasteiger charge is 2.60. The number of aliphatic hydroxyl groups excluding tert-OH is 1. The Morgan fingerprint density at radius 1 is 0.568 bits per heavy atom. The summed E-state index contributed by atoms with van der Waals surface area (Å²) in [6.45, 7) is 16.5. The van der Waals surface area contributed by atoms with Crippen LogP contribution in [0.25, 0.3) is 0 Å². The largest absolute Gasteiger partial charge is 0.390 e. The fourth-order valence-electron chi connectivity index (χ4n) is 6.57. The highest BCUT2D eigenvalue weighted by Crippen LogP contribution is 2.53. The van der Waals surface area contributed by atoms with Crippen LogP contribution in [0.2, 0.25) is 0 Å². The highest BCUT2D eigenvalue weighted by molar-refractivity contribution is 5.08. The average molecular weight is 525 g/mol. The molecule has 0 aromatic rings. The zero-order chi connectivity index (χ0) is 27.1. The molecule has 5 aliphatic heterocycles. The smallest absolute Gasteiger partial charge is 0.0921 e. The minimum atomic E-state index is -1.07. The molecule has 0 aliphatic carbocycles. The molecule has 0 unspecified atom stereocenters. The second kappa shape index (κ2) is 9.12. The monoisotopic (exact) mass is 524 g/mol. The number of hydrogen-bond donors (Lipinski definition) is 2. The van der Waals surface area contributed by atoms with E-state index in [1.807, 2.05) is 0 Å². The van der Waals surface area contributed by atoms with E-state index in [2.05, 4.69) is 41.5 Å². The van der Waals surface area contributed by atoms with E-state index in [1.54, 1.807) is 13.8 Å². The maximum Gasteiger partial charge on any atom is 0.0921 e. The average Bonchev–Trinajstić information content (AvgIpc) is 3.64. The summed E-state index contributed by atoms with van der Waals surface area (Å²) < 4.78 is 30.1. The number of epoxide rings is 5. The lowest BCUT2D eigenvalue weighted by atomic mass is 9.89.